The maximum atomic E-state index is 10.7. The molecule has 1 aliphatic heterocycles. The number of hydrogen-bond acceptors (Lipinski definition) is 5. The van der Waals surface area contributed by atoms with E-state index in [0.29, 0.717) is 5.56 Å². The second-order valence-corrected chi connectivity index (χ2v) is 16.9. The summed E-state index contributed by atoms with van der Waals surface area (Å²) in [5.74, 6) is -0.0403. The van der Waals surface area contributed by atoms with E-state index in [9.17, 15) is 15.2 Å². The number of aryl methyl sites for hydroxylation is 7. The van der Waals surface area contributed by atoms with Gasteiger partial charge in [-0.25, -0.2) is 0 Å². The Morgan fingerprint density at radius 2 is 1.36 bits per heavy atom. The molecular formula is C50H48ClN4O3Ru. The molecule has 59 heavy (non-hydrogen) atoms. The Kier molecular flexibility index (Phi) is 14.0. The summed E-state index contributed by atoms with van der Waals surface area (Å²) in [6.45, 7) is 17.0. The Balaban J connectivity index is 0.000000151. The van der Waals surface area contributed by atoms with Gasteiger partial charge in [0.25, 0.3) is 5.69 Å². The summed E-state index contributed by atoms with van der Waals surface area (Å²) >= 11 is -0.218. The molecule has 0 unspecified atom stereocenters. The van der Waals surface area contributed by atoms with Crippen LogP contribution in [0.15, 0.2) is 132 Å². The molecule has 0 saturated heterocycles. The standard InChI is InChI=1S/C21H26N2.C15H10.C14H12N2O3.ClH.Ru/c1-14-9-16(3)20(17(4)10-14)22-7-8-23(13-22)21-18(5)11-15(2)12-19(21)6;1-2-6-12(7-3-1)15-11-10-13-8-4-5-9-14(13)15;1-10-2-4-12(5-3-10)15-9-11-8-13(16(18)19)6-7-14(11)17;;/h9-12H,7-8H2,1-6H3;1-9,11H;2-9,17H,1H3;1H;/q;;;;+1/p-1. The van der Waals surface area contributed by atoms with Gasteiger partial charge < -0.3 is 14.6 Å². The Labute approximate surface area is 359 Å². The normalized spacial score (nSPS) is 13.8. The first-order valence-corrected chi connectivity index (χ1v) is 22.5. The Bertz CT molecular complexity index is 2590. The number of phenols is 1. The van der Waals surface area contributed by atoms with Crippen molar-refractivity contribution in [1.82, 2.24) is 0 Å². The average molecular weight is 889 g/mol. The fraction of sp³-hybridized carbons (Fsp3) is 0.180. The summed E-state index contributed by atoms with van der Waals surface area (Å²) in [4.78, 5) is 16.6. The molecule has 0 amide bonds. The minimum atomic E-state index is -0.511. The third kappa shape index (κ3) is 10.4. The number of phenolic OH excluding ortho intramolecular Hbond substituents is 1. The minimum absolute atomic E-state index is 0.0403. The van der Waals surface area contributed by atoms with E-state index in [1.807, 2.05) is 37.3 Å². The van der Waals surface area contributed by atoms with Crippen molar-refractivity contribution in [2.75, 3.05) is 18.0 Å². The fourth-order valence-corrected chi connectivity index (χ4v) is 9.17. The molecule has 2 aliphatic rings. The van der Waals surface area contributed by atoms with Gasteiger partial charge in [0.15, 0.2) is 0 Å². The van der Waals surface area contributed by atoms with E-state index in [1.54, 1.807) is 0 Å². The summed E-state index contributed by atoms with van der Waals surface area (Å²) in [7, 11) is 6.10. The zero-order chi connectivity index (χ0) is 42.2. The van der Waals surface area contributed by atoms with Gasteiger partial charge in [-0.15, -0.1) is 0 Å². The van der Waals surface area contributed by atoms with E-state index in [2.05, 4.69) is 141 Å². The van der Waals surface area contributed by atoms with Gasteiger partial charge in [0, 0.05) is 35.3 Å². The van der Waals surface area contributed by atoms with Crippen LogP contribution in [0.1, 0.15) is 61.2 Å². The van der Waals surface area contributed by atoms with Crippen LogP contribution in [-0.2, 0) is 15.7 Å². The molecule has 0 spiro atoms. The summed E-state index contributed by atoms with van der Waals surface area (Å²) < 4.78 is 3.58. The molecule has 0 radical (unpaired) electrons. The number of allylic oxidation sites excluding steroid dienone is 1. The first-order chi connectivity index (χ1) is 28.3. The molecule has 0 fully saturated rings. The van der Waals surface area contributed by atoms with Crippen molar-refractivity contribution < 1.29 is 30.3 Å². The summed E-state index contributed by atoms with van der Waals surface area (Å²) in [6.07, 6.45) is 7.24. The third-order valence-corrected chi connectivity index (χ3v) is 12.0. The number of fused-ring (bicyclic) bond motifs is 1. The van der Waals surface area contributed by atoms with Crippen molar-refractivity contribution in [2.24, 2.45) is 4.99 Å². The fourth-order valence-electron chi connectivity index (χ4n) is 7.61. The van der Waals surface area contributed by atoms with Crippen LogP contribution in [0.5, 0.6) is 5.75 Å². The number of nitro groups is 1. The van der Waals surface area contributed by atoms with Crippen molar-refractivity contribution in [3.05, 3.63) is 199 Å². The van der Waals surface area contributed by atoms with Crippen LogP contribution in [0.25, 0.3) is 5.57 Å². The second kappa shape index (κ2) is 19.3. The Hall–Kier alpha value is -5.82. The summed E-state index contributed by atoms with van der Waals surface area (Å²) in [5.41, 5.74) is 17.8. The number of anilines is 1. The topological polar surface area (TPSA) is 82.0 Å². The van der Waals surface area contributed by atoms with E-state index >= 15 is 0 Å². The molecule has 0 atom stereocenters. The van der Waals surface area contributed by atoms with Crippen LogP contribution in [0.4, 0.5) is 22.7 Å². The zero-order valence-electron chi connectivity index (χ0n) is 34.4. The molecule has 9 heteroatoms. The monoisotopic (exact) mass is 889 g/mol. The van der Waals surface area contributed by atoms with Gasteiger partial charge >= 0.3 is 112 Å². The molecule has 8 rings (SSSR count). The van der Waals surface area contributed by atoms with E-state index in [1.165, 1.54) is 95.5 Å². The number of benzene rings is 6. The van der Waals surface area contributed by atoms with Crippen molar-refractivity contribution in [3.63, 3.8) is 0 Å². The summed E-state index contributed by atoms with van der Waals surface area (Å²) in [6, 6.07) is 39.3. The van der Waals surface area contributed by atoms with Crippen LogP contribution in [0.3, 0.4) is 0 Å². The second-order valence-electron chi connectivity index (χ2n) is 14.9. The number of hydrogen-bond donors (Lipinski definition) is 1. The van der Waals surface area contributed by atoms with E-state index < -0.39 is 4.92 Å². The van der Waals surface area contributed by atoms with Crippen molar-refractivity contribution in [2.45, 2.75) is 48.5 Å². The van der Waals surface area contributed by atoms with E-state index in [-0.39, 0.29) is 27.1 Å². The number of non-ortho nitro benzene ring substituents is 1. The molecule has 1 aliphatic carbocycles. The SMILES string of the molecule is Cc1cc(C)c(N2[C-]=[N+](c3c(C)cc(C)cc3C)CC2)c(C)c1.Cc1ccc(N=Cc2cc([N+](=O)[O-])ccc2O)cc1.[Cl][Ru]=[C]1C=C(c2ccccc2)c2ccccc21. The zero-order valence-corrected chi connectivity index (χ0v) is 36.9. The molecule has 0 bridgehead atoms. The molecule has 1 heterocycles. The van der Waals surface area contributed by atoms with Crippen molar-refractivity contribution in [3.8, 4) is 5.75 Å². The van der Waals surface area contributed by atoms with Gasteiger partial charge in [-0.2, -0.15) is 0 Å². The van der Waals surface area contributed by atoms with Gasteiger partial charge in [0.2, 0.25) is 6.34 Å². The van der Waals surface area contributed by atoms with E-state index in [0.717, 1.165) is 24.3 Å². The molecular weight excluding hydrogens is 841 g/mol. The first kappa shape index (κ1) is 42.8. The predicted octanol–water partition coefficient (Wildman–Crippen LogP) is 11.9. The maximum absolute atomic E-state index is 10.7. The molecule has 301 valence electrons. The quantitative estimate of drug-likeness (QED) is 0.0451. The van der Waals surface area contributed by atoms with E-state index in [4.69, 9.17) is 9.69 Å². The number of aliphatic imine (C=N–C) groups is 1. The van der Waals surface area contributed by atoms with Crippen LogP contribution in [-0.4, -0.2) is 44.4 Å². The number of rotatable bonds is 6. The van der Waals surface area contributed by atoms with Crippen LogP contribution < -0.4 is 4.90 Å². The third-order valence-electron chi connectivity index (χ3n) is 10.1. The number of nitro benzene ring substituents is 1. The van der Waals surface area contributed by atoms with Gasteiger partial charge in [0.05, 0.1) is 10.6 Å². The van der Waals surface area contributed by atoms with Crippen molar-refractivity contribution >= 4 is 54.7 Å². The predicted molar refractivity (Wildman–Crippen MR) is 242 cm³/mol. The number of nitrogens with zero attached hydrogens (tertiary/aromatic N) is 4. The van der Waals surface area contributed by atoms with Gasteiger partial charge in [-0.1, -0.05) is 75.3 Å². The average Bonchev–Trinajstić information content (AvgIpc) is 3.83. The van der Waals surface area contributed by atoms with Crippen LogP contribution in [0.2, 0.25) is 0 Å². The number of halogens is 1. The van der Waals surface area contributed by atoms with Crippen LogP contribution in [0, 0.1) is 58.6 Å². The van der Waals surface area contributed by atoms with Crippen molar-refractivity contribution in [1.29, 1.82) is 0 Å². The molecule has 6 aromatic rings. The Morgan fingerprint density at radius 1 is 0.763 bits per heavy atom. The molecule has 0 aromatic heterocycles. The molecule has 7 nitrogen and oxygen atoms in total. The number of aromatic hydroxyl groups is 1. The van der Waals surface area contributed by atoms with Gasteiger partial charge in [-0.05, 0) is 66.7 Å². The Morgan fingerprint density at radius 3 is 1.97 bits per heavy atom. The molecule has 6 aromatic carbocycles. The first-order valence-electron chi connectivity index (χ1n) is 19.4. The van der Waals surface area contributed by atoms with Gasteiger partial charge in [0.1, 0.15) is 18.8 Å². The molecule has 1 N–H and O–H groups in total. The van der Waals surface area contributed by atoms with Crippen LogP contribution >= 0.6 is 9.69 Å². The molecule has 0 saturated carbocycles. The summed E-state index contributed by atoms with van der Waals surface area (Å²) in [5, 5.41) is 20.3. The van der Waals surface area contributed by atoms with Gasteiger partial charge in [-0.3, -0.25) is 15.1 Å².